The van der Waals surface area contributed by atoms with Crippen LogP contribution in [0.15, 0.2) is 0 Å². The van der Waals surface area contributed by atoms with Gasteiger partial charge in [0.2, 0.25) is 0 Å². The number of nitrogens with one attached hydrogen (secondary N) is 1. The summed E-state index contributed by atoms with van der Waals surface area (Å²) in [5, 5.41) is 3.76. The molecule has 1 nitrogen and oxygen atoms in total. The lowest BCUT2D eigenvalue weighted by Gasteiger charge is -2.34. The molecule has 1 saturated carbocycles. The van der Waals surface area contributed by atoms with Gasteiger partial charge in [-0.25, -0.2) is 0 Å². The molecule has 0 aromatic rings. The minimum Gasteiger partial charge on any atom is -0.311 e. The highest BCUT2D eigenvalue weighted by molar-refractivity contribution is 4.98. The molecule has 1 N–H and O–H groups in total. The van der Waals surface area contributed by atoms with E-state index in [-0.39, 0.29) is 0 Å². The highest BCUT2D eigenvalue weighted by Crippen LogP contribution is 2.40. The molecule has 2 rings (SSSR count). The molecule has 70 valence electrons. The van der Waals surface area contributed by atoms with E-state index in [1.807, 2.05) is 0 Å². The topological polar surface area (TPSA) is 12.0 Å². The van der Waals surface area contributed by atoms with Gasteiger partial charge in [0.05, 0.1) is 0 Å². The van der Waals surface area contributed by atoms with Crippen molar-refractivity contribution in [3.63, 3.8) is 0 Å². The Balaban J connectivity index is 2.04. The van der Waals surface area contributed by atoms with Gasteiger partial charge in [-0.15, -0.1) is 0 Å². The highest BCUT2D eigenvalue weighted by atomic mass is 15.0. The van der Waals surface area contributed by atoms with Crippen LogP contribution in [0.3, 0.4) is 0 Å². The Labute approximate surface area is 75.9 Å². The molecular formula is C11H21N. The maximum atomic E-state index is 3.76. The summed E-state index contributed by atoms with van der Waals surface area (Å²) >= 11 is 0. The van der Waals surface area contributed by atoms with E-state index in [0.29, 0.717) is 5.54 Å². The molecule has 1 atom stereocenters. The van der Waals surface area contributed by atoms with Crippen molar-refractivity contribution in [2.45, 2.75) is 57.4 Å². The second-order valence-electron chi connectivity index (χ2n) is 4.52. The minimum absolute atomic E-state index is 0.566. The Kier molecular flexibility index (Phi) is 2.40. The predicted molar refractivity (Wildman–Crippen MR) is 52.2 cm³/mol. The third-order valence-electron chi connectivity index (χ3n) is 4.04. The first kappa shape index (κ1) is 8.55. The number of hydrogen-bond acceptors (Lipinski definition) is 1. The summed E-state index contributed by atoms with van der Waals surface area (Å²) in [7, 11) is 0. The van der Waals surface area contributed by atoms with Gasteiger partial charge in [0, 0.05) is 5.54 Å². The molecule has 1 aliphatic heterocycles. The summed E-state index contributed by atoms with van der Waals surface area (Å²) in [5.41, 5.74) is 0.566. The zero-order valence-corrected chi connectivity index (χ0v) is 8.23. The molecule has 1 heteroatoms. The number of rotatable bonds is 2. The SMILES string of the molecule is CCC1(C2CCCC2)CCCN1. The third kappa shape index (κ3) is 1.28. The van der Waals surface area contributed by atoms with Gasteiger partial charge in [-0.1, -0.05) is 19.8 Å². The van der Waals surface area contributed by atoms with Crippen LogP contribution in [0.5, 0.6) is 0 Å². The standard InChI is InChI=1S/C11H21N/c1-2-11(8-5-9-12-11)10-6-3-4-7-10/h10,12H,2-9H2,1H3. The molecule has 2 fully saturated rings. The van der Waals surface area contributed by atoms with Crippen molar-refractivity contribution in [2.24, 2.45) is 5.92 Å². The molecule has 1 unspecified atom stereocenters. The molecule has 1 saturated heterocycles. The molecule has 0 amide bonds. The second kappa shape index (κ2) is 3.37. The summed E-state index contributed by atoms with van der Waals surface area (Å²) in [6.07, 6.45) is 10.1. The van der Waals surface area contributed by atoms with Crippen LogP contribution in [0.1, 0.15) is 51.9 Å². The molecule has 0 bridgehead atoms. The molecule has 1 heterocycles. The van der Waals surface area contributed by atoms with Gasteiger partial charge in [0.15, 0.2) is 0 Å². The average Bonchev–Trinajstić information content (AvgIpc) is 2.76. The molecule has 0 aromatic carbocycles. The lowest BCUT2D eigenvalue weighted by atomic mass is 9.79. The first-order valence-corrected chi connectivity index (χ1v) is 5.62. The Morgan fingerprint density at radius 2 is 2.00 bits per heavy atom. The van der Waals surface area contributed by atoms with Crippen LogP contribution in [-0.2, 0) is 0 Å². The van der Waals surface area contributed by atoms with E-state index in [1.54, 1.807) is 0 Å². The van der Waals surface area contributed by atoms with Crippen molar-refractivity contribution in [3.05, 3.63) is 0 Å². The van der Waals surface area contributed by atoms with E-state index in [2.05, 4.69) is 12.2 Å². The van der Waals surface area contributed by atoms with Crippen molar-refractivity contribution in [1.82, 2.24) is 5.32 Å². The van der Waals surface area contributed by atoms with Crippen LogP contribution in [0, 0.1) is 5.92 Å². The fraction of sp³-hybridized carbons (Fsp3) is 1.00. The van der Waals surface area contributed by atoms with Gasteiger partial charge >= 0.3 is 0 Å². The van der Waals surface area contributed by atoms with Crippen LogP contribution in [0.25, 0.3) is 0 Å². The normalized spacial score (nSPS) is 37.8. The Morgan fingerprint density at radius 3 is 2.50 bits per heavy atom. The summed E-state index contributed by atoms with van der Waals surface area (Å²) < 4.78 is 0. The summed E-state index contributed by atoms with van der Waals surface area (Å²) in [6, 6.07) is 0. The van der Waals surface area contributed by atoms with Crippen LogP contribution >= 0.6 is 0 Å². The van der Waals surface area contributed by atoms with E-state index in [0.717, 1.165) is 5.92 Å². The van der Waals surface area contributed by atoms with Gasteiger partial charge < -0.3 is 5.32 Å². The van der Waals surface area contributed by atoms with E-state index < -0.39 is 0 Å². The Morgan fingerprint density at radius 1 is 1.25 bits per heavy atom. The van der Waals surface area contributed by atoms with Gasteiger partial charge in [0.1, 0.15) is 0 Å². The molecule has 0 aromatic heterocycles. The van der Waals surface area contributed by atoms with Crippen LogP contribution in [0.2, 0.25) is 0 Å². The second-order valence-corrected chi connectivity index (χ2v) is 4.52. The quantitative estimate of drug-likeness (QED) is 0.667. The Hall–Kier alpha value is -0.0400. The van der Waals surface area contributed by atoms with Crippen LogP contribution in [0.4, 0.5) is 0 Å². The van der Waals surface area contributed by atoms with Gasteiger partial charge in [-0.3, -0.25) is 0 Å². The van der Waals surface area contributed by atoms with Gasteiger partial charge in [-0.2, -0.15) is 0 Å². The van der Waals surface area contributed by atoms with Crippen LogP contribution < -0.4 is 5.32 Å². The third-order valence-corrected chi connectivity index (χ3v) is 4.04. The Bertz CT molecular complexity index is 141. The molecular weight excluding hydrogens is 146 g/mol. The zero-order valence-electron chi connectivity index (χ0n) is 8.23. The first-order valence-electron chi connectivity index (χ1n) is 5.62. The number of hydrogen-bond donors (Lipinski definition) is 1. The van der Waals surface area contributed by atoms with Gasteiger partial charge in [-0.05, 0) is 44.6 Å². The van der Waals surface area contributed by atoms with Crippen LogP contribution in [-0.4, -0.2) is 12.1 Å². The average molecular weight is 167 g/mol. The summed E-state index contributed by atoms with van der Waals surface area (Å²) in [4.78, 5) is 0. The molecule has 0 radical (unpaired) electrons. The fourth-order valence-electron chi connectivity index (χ4n) is 3.25. The summed E-state index contributed by atoms with van der Waals surface area (Å²) in [6.45, 7) is 3.63. The highest BCUT2D eigenvalue weighted by Gasteiger charge is 2.40. The smallest absolute Gasteiger partial charge is 0.0207 e. The molecule has 2 aliphatic rings. The molecule has 1 aliphatic carbocycles. The molecule has 12 heavy (non-hydrogen) atoms. The lowest BCUT2D eigenvalue weighted by Crippen LogP contribution is -2.45. The fourth-order valence-corrected chi connectivity index (χ4v) is 3.25. The lowest BCUT2D eigenvalue weighted by molar-refractivity contribution is 0.232. The summed E-state index contributed by atoms with van der Waals surface area (Å²) in [5.74, 6) is 1.00. The monoisotopic (exact) mass is 167 g/mol. The van der Waals surface area contributed by atoms with E-state index in [9.17, 15) is 0 Å². The van der Waals surface area contributed by atoms with E-state index >= 15 is 0 Å². The van der Waals surface area contributed by atoms with Crippen molar-refractivity contribution >= 4 is 0 Å². The van der Waals surface area contributed by atoms with Crippen molar-refractivity contribution in [3.8, 4) is 0 Å². The van der Waals surface area contributed by atoms with E-state index in [4.69, 9.17) is 0 Å². The van der Waals surface area contributed by atoms with Crippen molar-refractivity contribution in [2.75, 3.05) is 6.54 Å². The predicted octanol–water partition coefficient (Wildman–Crippen LogP) is 2.71. The zero-order chi connectivity index (χ0) is 8.44. The van der Waals surface area contributed by atoms with Crippen molar-refractivity contribution < 1.29 is 0 Å². The maximum absolute atomic E-state index is 3.76. The maximum Gasteiger partial charge on any atom is 0.0207 e. The van der Waals surface area contributed by atoms with Crippen molar-refractivity contribution in [1.29, 1.82) is 0 Å². The largest absolute Gasteiger partial charge is 0.311 e. The minimum atomic E-state index is 0.566. The van der Waals surface area contributed by atoms with Gasteiger partial charge in [0.25, 0.3) is 0 Å². The van der Waals surface area contributed by atoms with E-state index in [1.165, 1.54) is 51.5 Å². The first-order chi connectivity index (χ1) is 5.87. The molecule has 0 spiro atoms.